The maximum absolute atomic E-state index is 10.4. The number of carbonyl (C=O) groups excluding carboxylic acids is 4. The van der Waals surface area contributed by atoms with Gasteiger partial charge in [0.05, 0.1) is 23.9 Å². The van der Waals surface area contributed by atoms with Crippen molar-refractivity contribution in [2.24, 2.45) is 0 Å². The first-order valence-corrected chi connectivity index (χ1v) is 25.7. The second-order valence-electron chi connectivity index (χ2n) is 11.1. The molecule has 0 fully saturated rings. The standard InChI is InChI=1S/2C10H16O4.4C4H9.2Sn/c2*1-2-3-4-5-6-8(10(13)14)7-9(11)12;4*1-3-4-2;;/h2*7H,2-6H2,1H3,(H,11,12)(H,13,14);4*1,3-4H2,2H3;;/q;;;;;;2*+2/p-4/b2*8-7-;;;;;;. The van der Waals surface area contributed by atoms with E-state index in [0.717, 1.165) is 38.5 Å². The van der Waals surface area contributed by atoms with Crippen LogP contribution in [0.3, 0.4) is 0 Å². The van der Waals surface area contributed by atoms with Crippen LogP contribution in [0.5, 0.6) is 0 Å². The SMILES string of the molecule is CCCCCC/C(=C/C(=O)[O-])C(=O)[O-].CCCCCC/C(=C/C(=O)[O-])C(=O)[O-].CCC[CH2][Sn+2][CH2]CCC.CCC[CH2][Sn+2][CH2]CCC. The van der Waals surface area contributed by atoms with E-state index < -0.39 is 23.9 Å². The third-order valence-electron chi connectivity index (χ3n) is 6.54. The Morgan fingerprint density at radius 3 is 0.870 bits per heavy atom. The van der Waals surface area contributed by atoms with Gasteiger partial charge < -0.3 is 39.6 Å². The summed E-state index contributed by atoms with van der Waals surface area (Å²) in [4.78, 5) is 41.1. The second-order valence-corrected chi connectivity index (χ2v) is 19.6. The van der Waals surface area contributed by atoms with Crippen LogP contribution in [0.25, 0.3) is 0 Å². The van der Waals surface area contributed by atoms with E-state index in [1.165, 1.54) is 51.4 Å². The molecule has 8 nitrogen and oxygen atoms in total. The summed E-state index contributed by atoms with van der Waals surface area (Å²) >= 11 is 0.299. The molecule has 0 unspecified atom stereocenters. The molecular weight excluding hydrogens is 798 g/mol. The monoisotopic (exact) mass is 864 g/mol. The summed E-state index contributed by atoms with van der Waals surface area (Å²) in [5.41, 5.74) is -0.387. The molecule has 0 rings (SSSR count). The normalized spacial score (nSPS) is 10.5. The number of carbonyl (C=O) groups is 4. The van der Waals surface area contributed by atoms with Gasteiger partial charge in [-0.3, -0.25) is 0 Å². The first-order valence-electron chi connectivity index (χ1n) is 17.7. The van der Waals surface area contributed by atoms with Crippen molar-refractivity contribution in [2.75, 3.05) is 0 Å². The Bertz CT molecular complexity index is 706. The number of carboxylic acids is 4. The fourth-order valence-corrected chi connectivity index (χ4v) is 12.0. The van der Waals surface area contributed by atoms with Gasteiger partial charge in [-0.25, -0.2) is 0 Å². The van der Waals surface area contributed by atoms with Gasteiger partial charge in [0.2, 0.25) is 0 Å². The minimum atomic E-state index is -1.49. The molecule has 0 amide bonds. The van der Waals surface area contributed by atoms with Crippen LogP contribution in [0.4, 0.5) is 0 Å². The van der Waals surface area contributed by atoms with E-state index in [1.54, 1.807) is 17.7 Å². The fraction of sp³-hybridized carbons (Fsp3) is 0.778. The van der Waals surface area contributed by atoms with Gasteiger partial charge in [0.1, 0.15) is 0 Å². The molecule has 0 aliphatic carbocycles. The number of unbranched alkanes of at least 4 members (excludes halogenated alkanes) is 10. The first-order chi connectivity index (χ1) is 22.0. The molecule has 0 saturated carbocycles. The predicted molar refractivity (Wildman–Crippen MR) is 184 cm³/mol. The summed E-state index contributed by atoms with van der Waals surface area (Å²) in [5, 5.41) is 41.1. The summed E-state index contributed by atoms with van der Waals surface area (Å²) in [6.45, 7) is 13.2. The molecule has 264 valence electrons. The molecule has 0 N–H and O–H groups in total. The molecule has 0 heterocycles. The molecule has 0 aromatic carbocycles. The Balaban J connectivity index is -0.000000261. The predicted octanol–water partition coefficient (Wildman–Crippen LogP) is 5.02. The van der Waals surface area contributed by atoms with Crippen molar-refractivity contribution in [3.05, 3.63) is 23.3 Å². The van der Waals surface area contributed by atoms with Crippen LogP contribution in [-0.2, 0) is 19.2 Å². The molecule has 0 saturated heterocycles. The van der Waals surface area contributed by atoms with E-state index in [0.29, 0.717) is 25.0 Å². The van der Waals surface area contributed by atoms with Crippen LogP contribution in [-0.4, -0.2) is 66.2 Å². The molecule has 0 aromatic heterocycles. The van der Waals surface area contributed by atoms with E-state index in [2.05, 4.69) is 27.7 Å². The van der Waals surface area contributed by atoms with Gasteiger partial charge >= 0.3 is 139 Å². The summed E-state index contributed by atoms with van der Waals surface area (Å²) < 4.78 is 6.50. The van der Waals surface area contributed by atoms with E-state index in [-0.39, 0.29) is 66.3 Å². The van der Waals surface area contributed by atoms with Crippen molar-refractivity contribution in [2.45, 2.75) is 175 Å². The Labute approximate surface area is 302 Å². The van der Waals surface area contributed by atoms with Crippen LogP contribution in [0.15, 0.2) is 23.3 Å². The summed E-state index contributed by atoms with van der Waals surface area (Å²) in [6.07, 6.45) is 20.6. The van der Waals surface area contributed by atoms with Gasteiger partial charge in [-0.1, -0.05) is 52.4 Å². The van der Waals surface area contributed by atoms with Gasteiger partial charge in [0, 0.05) is 0 Å². The number of rotatable bonds is 26. The van der Waals surface area contributed by atoms with Crippen molar-refractivity contribution in [3.8, 4) is 0 Å². The Kier molecular flexibility index (Phi) is 49.5. The molecule has 0 aliphatic rings. The molecular formula is C36H64O8Sn2. The molecule has 0 atom stereocenters. The Morgan fingerprint density at radius 1 is 0.413 bits per heavy atom. The summed E-state index contributed by atoms with van der Waals surface area (Å²) in [6, 6.07) is 0. The second kappa shape index (κ2) is 44.0. The quantitative estimate of drug-likeness (QED) is 0.0666. The maximum atomic E-state index is 10.4. The summed E-state index contributed by atoms with van der Waals surface area (Å²) in [7, 11) is 0. The molecule has 0 aliphatic heterocycles. The van der Waals surface area contributed by atoms with Crippen molar-refractivity contribution in [1.82, 2.24) is 0 Å². The number of hydrogen-bond acceptors (Lipinski definition) is 8. The fourth-order valence-electron chi connectivity index (χ4n) is 3.69. The zero-order valence-electron chi connectivity index (χ0n) is 30.0. The van der Waals surface area contributed by atoms with Gasteiger partial charge in [-0.2, -0.15) is 0 Å². The van der Waals surface area contributed by atoms with Crippen LogP contribution in [0, 0.1) is 0 Å². The van der Waals surface area contributed by atoms with Crippen LogP contribution >= 0.6 is 0 Å². The van der Waals surface area contributed by atoms with E-state index in [1.807, 2.05) is 13.8 Å². The Morgan fingerprint density at radius 2 is 0.674 bits per heavy atom. The van der Waals surface area contributed by atoms with Crippen LogP contribution in [0.2, 0.25) is 17.7 Å². The minimum absolute atomic E-state index is 0.149. The van der Waals surface area contributed by atoms with Crippen LogP contribution in [0.1, 0.15) is 157 Å². The molecule has 0 bridgehead atoms. The number of carboxylic acid groups (broad SMARTS) is 4. The molecule has 46 heavy (non-hydrogen) atoms. The van der Waals surface area contributed by atoms with Crippen molar-refractivity contribution in [1.29, 1.82) is 0 Å². The van der Waals surface area contributed by atoms with Crippen molar-refractivity contribution in [3.63, 3.8) is 0 Å². The van der Waals surface area contributed by atoms with E-state index in [4.69, 9.17) is 0 Å². The molecule has 10 heteroatoms. The van der Waals surface area contributed by atoms with E-state index in [9.17, 15) is 39.6 Å². The number of hydrogen-bond donors (Lipinski definition) is 0. The van der Waals surface area contributed by atoms with E-state index >= 15 is 0 Å². The van der Waals surface area contributed by atoms with Gasteiger partial charge in [0.15, 0.2) is 0 Å². The van der Waals surface area contributed by atoms with Crippen molar-refractivity contribution >= 4 is 66.2 Å². The molecule has 0 spiro atoms. The first kappa shape index (κ1) is 51.8. The molecule has 0 aromatic rings. The van der Waals surface area contributed by atoms with Gasteiger partial charge in [0.25, 0.3) is 0 Å². The van der Waals surface area contributed by atoms with Crippen molar-refractivity contribution < 1.29 is 39.6 Å². The topological polar surface area (TPSA) is 161 Å². The zero-order valence-corrected chi connectivity index (χ0v) is 35.7. The van der Waals surface area contributed by atoms with Crippen LogP contribution < -0.4 is 20.4 Å². The van der Waals surface area contributed by atoms with Gasteiger partial charge in [-0.05, 0) is 49.0 Å². The summed E-state index contributed by atoms with van der Waals surface area (Å²) in [5.74, 6) is -5.82. The molecule has 0 radical (unpaired) electrons. The Hall–Kier alpha value is -1.04. The zero-order chi connectivity index (χ0) is 35.8. The average molecular weight is 862 g/mol. The third-order valence-corrected chi connectivity index (χ3v) is 14.6. The third kappa shape index (κ3) is 49.8. The number of aliphatic carboxylic acids is 4. The average Bonchev–Trinajstić information content (AvgIpc) is 3.00. The van der Waals surface area contributed by atoms with Gasteiger partial charge in [-0.15, -0.1) is 0 Å².